The summed E-state index contributed by atoms with van der Waals surface area (Å²) in [6.07, 6.45) is 2.16. The van der Waals surface area contributed by atoms with Crippen LogP contribution in [0.25, 0.3) is 0 Å². The minimum Gasteiger partial charge on any atom is -0.107 e. The molecule has 0 fully saturated rings. The predicted octanol–water partition coefficient (Wildman–Crippen LogP) is 8.63. The van der Waals surface area contributed by atoms with E-state index in [4.69, 9.17) is 0 Å². The highest BCUT2D eigenvalue weighted by Gasteiger charge is 2.19. The molecule has 6 rings (SSSR count). The van der Waals surface area contributed by atoms with Gasteiger partial charge in [-0.3, -0.25) is 0 Å². The zero-order valence-corrected chi connectivity index (χ0v) is 29.0. The lowest BCUT2D eigenvalue weighted by molar-refractivity contribution is 1.15. The highest BCUT2D eigenvalue weighted by atomic mass is 127. The summed E-state index contributed by atoms with van der Waals surface area (Å²) in [4.78, 5) is 0. The first-order valence-corrected chi connectivity index (χ1v) is 17.4. The lowest BCUT2D eigenvalue weighted by Gasteiger charge is -2.21. The van der Waals surface area contributed by atoms with Crippen molar-refractivity contribution in [3.8, 4) is 0 Å². The van der Waals surface area contributed by atoms with Crippen LogP contribution in [0.4, 0.5) is 0 Å². The number of aryl methyl sites for hydroxylation is 2. The first-order chi connectivity index (χ1) is 20.8. The second-order valence-electron chi connectivity index (χ2n) is 9.98. The van der Waals surface area contributed by atoms with Crippen LogP contribution in [0.1, 0.15) is 25.0 Å². The molecule has 0 spiro atoms. The summed E-state index contributed by atoms with van der Waals surface area (Å²) < 4.78 is 0. The predicted molar refractivity (Wildman–Crippen MR) is 204 cm³/mol. The Morgan fingerprint density at radius 1 is 0.326 bits per heavy atom. The first kappa shape index (κ1) is 32.8. The van der Waals surface area contributed by atoms with E-state index in [9.17, 15) is 0 Å². The fourth-order valence-electron chi connectivity index (χ4n) is 5.22. The maximum Gasteiger partial charge on any atom is -0.0119 e. The summed E-state index contributed by atoms with van der Waals surface area (Å²) in [5, 5.41) is 8.62. The van der Waals surface area contributed by atoms with Gasteiger partial charge < -0.3 is 0 Å². The minimum absolute atomic E-state index is 0. The van der Waals surface area contributed by atoms with Gasteiger partial charge in [0.1, 0.15) is 0 Å². The van der Waals surface area contributed by atoms with Gasteiger partial charge in [0.2, 0.25) is 0 Å². The molecule has 6 aromatic carbocycles. The van der Waals surface area contributed by atoms with Crippen molar-refractivity contribution in [3.63, 3.8) is 0 Å². The largest absolute Gasteiger partial charge is 0.107 e. The van der Waals surface area contributed by atoms with Crippen LogP contribution in [0.15, 0.2) is 170 Å². The summed E-state index contributed by atoms with van der Waals surface area (Å²) >= 11 is 0. The highest BCUT2D eigenvalue weighted by molar-refractivity contribution is 14.0. The van der Waals surface area contributed by atoms with Gasteiger partial charge in [-0.25, -0.2) is 0 Å². The SMILES string of the molecule is CCc1ccccc1P(c1ccccc1)c1ccccc1.CCc1ccccc1P(c1ccccc1)c1ccccc1.I. The van der Waals surface area contributed by atoms with Crippen LogP contribution < -0.4 is 31.8 Å². The van der Waals surface area contributed by atoms with Crippen LogP contribution in [-0.4, -0.2) is 0 Å². The van der Waals surface area contributed by atoms with Gasteiger partial charge in [-0.2, -0.15) is 0 Å². The standard InChI is InChI=1S/2C20H19P.HI/c2*1-2-17-11-9-10-16-20(17)21(18-12-5-3-6-13-18)19-14-7-4-8-15-19;/h2*3-16H,2H2,1H3;1H. The molecular weight excluding hydrogens is 669 g/mol. The number of hydrogen-bond donors (Lipinski definition) is 0. The van der Waals surface area contributed by atoms with E-state index in [1.165, 1.54) is 43.0 Å². The minimum atomic E-state index is -0.473. The van der Waals surface area contributed by atoms with E-state index < -0.39 is 15.8 Å². The maximum absolute atomic E-state index is 2.30. The molecule has 0 aliphatic carbocycles. The Kier molecular flexibility index (Phi) is 13.2. The number of rotatable bonds is 8. The average Bonchev–Trinajstić information content (AvgIpc) is 3.08. The summed E-state index contributed by atoms with van der Waals surface area (Å²) in [5.41, 5.74) is 2.91. The summed E-state index contributed by atoms with van der Waals surface area (Å²) in [6.45, 7) is 4.48. The zero-order valence-electron chi connectivity index (χ0n) is 24.9. The van der Waals surface area contributed by atoms with E-state index in [0.29, 0.717) is 0 Å². The van der Waals surface area contributed by atoms with Crippen molar-refractivity contribution in [3.05, 3.63) is 181 Å². The second-order valence-corrected chi connectivity index (χ2v) is 14.3. The molecule has 0 aliphatic rings. The fourth-order valence-corrected chi connectivity index (χ4v) is 10.3. The molecule has 0 amide bonds. The van der Waals surface area contributed by atoms with Gasteiger partial charge in [0.25, 0.3) is 0 Å². The van der Waals surface area contributed by atoms with Crippen LogP contribution in [-0.2, 0) is 12.8 Å². The van der Waals surface area contributed by atoms with Crippen molar-refractivity contribution in [1.82, 2.24) is 0 Å². The Bertz CT molecular complexity index is 1430. The summed E-state index contributed by atoms with van der Waals surface area (Å²) in [7, 11) is -0.945. The van der Waals surface area contributed by atoms with E-state index in [1.54, 1.807) is 0 Å². The van der Waals surface area contributed by atoms with E-state index in [0.717, 1.165) is 12.8 Å². The maximum atomic E-state index is 2.30. The molecule has 0 radical (unpaired) electrons. The number of hydrogen-bond acceptors (Lipinski definition) is 0. The Morgan fingerprint density at radius 3 is 0.814 bits per heavy atom. The monoisotopic (exact) mass is 708 g/mol. The van der Waals surface area contributed by atoms with Crippen LogP contribution in [0.5, 0.6) is 0 Å². The average molecular weight is 709 g/mol. The van der Waals surface area contributed by atoms with E-state index in [1.807, 2.05) is 0 Å². The normalized spacial score (nSPS) is 10.5. The third-order valence-electron chi connectivity index (χ3n) is 7.28. The molecule has 0 atom stereocenters. The molecule has 3 heteroatoms. The molecule has 0 aromatic heterocycles. The molecule has 0 unspecified atom stereocenters. The lowest BCUT2D eigenvalue weighted by atomic mass is 10.2. The Morgan fingerprint density at radius 2 is 0.558 bits per heavy atom. The van der Waals surface area contributed by atoms with Gasteiger partial charge in [0.05, 0.1) is 0 Å². The molecule has 0 heterocycles. The molecular formula is C40H39IP2. The van der Waals surface area contributed by atoms with Crippen LogP contribution in [0.2, 0.25) is 0 Å². The summed E-state index contributed by atoms with van der Waals surface area (Å²) in [5.74, 6) is 0. The first-order valence-electron chi connectivity index (χ1n) is 14.8. The Hall–Kier alpha value is -3.09. The van der Waals surface area contributed by atoms with Crippen LogP contribution >= 0.6 is 39.8 Å². The van der Waals surface area contributed by atoms with Gasteiger partial charge in [-0.05, 0) is 71.6 Å². The van der Waals surface area contributed by atoms with Crippen molar-refractivity contribution >= 4 is 71.6 Å². The van der Waals surface area contributed by atoms with Gasteiger partial charge in [-0.1, -0.05) is 184 Å². The molecule has 0 saturated heterocycles. The molecule has 6 aromatic rings. The quantitative estimate of drug-likeness (QED) is 0.110. The van der Waals surface area contributed by atoms with E-state index in [2.05, 4.69) is 184 Å². The Labute approximate surface area is 277 Å². The van der Waals surface area contributed by atoms with Gasteiger partial charge in [-0.15, -0.1) is 24.0 Å². The summed E-state index contributed by atoms with van der Waals surface area (Å²) in [6, 6.07) is 61.3. The molecule has 0 N–H and O–H groups in total. The van der Waals surface area contributed by atoms with E-state index in [-0.39, 0.29) is 24.0 Å². The number of benzene rings is 6. The van der Waals surface area contributed by atoms with Crippen molar-refractivity contribution in [2.24, 2.45) is 0 Å². The van der Waals surface area contributed by atoms with Crippen molar-refractivity contribution in [2.45, 2.75) is 26.7 Å². The van der Waals surface area contributed by atoms with Crippen LogP contribution in [0.3, 0.4) is 0 Å². The third-order valence-corrected chi connectivity index (χ3v) is 12.4. The Balaban J connectivity index is 0.000000192. The van der Waals surface area contributed by atoms with Gasteiger partial charge >= 0.3 is 0 Å². The van der Waals surface area contributed by atoms with Gasteiger partial charge in [0, 0.05) is 0 Å². The topological polar surface area (TPSA) is 0 Å². The van der Waals surface area contributed by atoms with Gasteiger partial charge in [0.15, 0.2) is 0 Å². The zero-order chi connectivity index (χ0) is 29.0. The molecule has 0 bridgehead atoms. The molecule has 0 saturated carbocycles. The number of halogens is 1. The van der Waals surface area contributed by atoms with Crippen molar-refractivity contribution in [2.75, 3.05) is 0 Å². The third kappa shape index (κ3) is 8.51. The molecule has 0 aliphatic heterocycles. The molecule has 43 heavy (non-hydrogen) atoms. The van der Waals surface area contributed by atoms with E-state index >= 15 is 0 Å². The highest BCUT2D eigenvalue weighted by Crippen LogP contribution is 2.35. The van der Waals surface area contributed by atoms with Crippen LogP contribution in [0, 0.1) is 0 Å². The van der Waals surface area contributed by atoms with Crippen molar-refractivity contribution in [1.29, 1.82) is 0 Å². The lowest BCUT2D eigenvalue weighted by Crippen LogP contribution is -2.22. The fraction of sp³-hybridized carbons (Fsp3) is 0.100. The molecule has 0 nitrogen and oxygen atoms in total. The van der Waals surface area contributed by atoms with Crippen molar-refractivity contribution < 1.29 is 0 Å². The molecule has 216 valence electrons. The second kappa shape index (κ2) is 17.3. The smallest absolute Gasteiger partial charge is 0.0119 e.